The Morgan fingerprint density at radius 2 is 2.50 bits per heavy atom. The number of aromatic nitrogens is 2. The Balaban J connectivity index is 1.78. The highest BCUT2D eigenvalue weighted by Gasteiger charge is 2.57. The lowest BCUT2D eigenvalue weighted by atomic mass is 9.65. The Morgan fingerprint density at radius 1 is 1.64 bits per heavy atom. The normalized spacial score (nSPS) is 25.6. The van der Waals surface area contributed by atoms with Crippen molar-refractivity contribution in [3.63, 3.8) is 0 Å². The van der Waals surface area contributed by atoms with E-state index in [0.29, 0.717) is 11.7 Å². The fourth-order valence-corrected chi connectivity index (χ4v) is 1.17. The Kier molecular flexibility index (Phi) is 1.61. The van der Waals surface area contributed by atoms with Gasteiger partial charge in [0.05, 0.1) is 5.90 Å². The van der Waals surface area contributed by atoms with Crippen LogP contribution in [0.1, 0.15) is 5.69 Å². The first-order valence-electron chi connectivity index (χ1n) is 4.36. The highest BCUT2D eigenvalue weighted by atomic mass is 16.6. The van der Waals surface area contributed by atoms with Crippen molar-refractivity contribution in [3.8, 4) is 0 Å². The SMILES string of the molecule is Cc1ccnc(/N=C2/OB2C2[B]O2)n1. The van der Waals surface area contributed by atoms with Crippen molar-refractivity contribution >= 4 is 26.1 Å². The van der Waals surface area contributed by atoms with Gasteiger partial charge in [-0.1, -0.05) is 0 Å². The fraction of sp³-hybridized carbons (Fsp3) is 0.286. The summed E-state index contributed by atoms with van der Waals surface area (Å²) in [6.07, 6.45) is 1.68. The zero-order valence-electron chi connectivity index (χ0n) is 7.54. The fourth-order valence-electron chi connectivity index (χ4n) is 1.17. The number of hydrogen-bond acceptors (Lipinski definition) is 5. The number of aryl methyl sites for hydroxylation is 1. The van der Waals surface area contributed by atoms with Crippen LogP contribution >= 0.6 is 0 Å². The number of hydrogen-bond donors (Lipinski definition) is 0. The van der Waals surface area contributed by atoms with Crippen molar-refractivity contribution in [2.45, 2.75) is 12.8 Å². The smallest absolute Gasteiger partial charge is 0.474 e. The predicted octanol–water partition coefficient (Wildman–Crippen LogP) is -0.109. The lowest BCUT2D eigenvalue weighted by Crippen LogP contribution is -2.04. The van der Waals surface area contributed by atoms with E-state index in [9.17, 15) is 0 Å². The van der Waals surface area contributed by atoms with Crippen LogP contribution in [0.2, 0.25) is 0 Å². The van der Waals surface area contributed by atoms with E-state index in [2.05, 4.69) is 15.0 Å². The molecule has 0 aromatic carbocycles. The number of nitrogens with zero attached hydrogens (tertiary/aromatic N) is 3. The van der Waals surface area contributed by atoms with E-state index in [-0.39, 0.29) is 12.8 Å². The van der Waals surface area contributed by atoms with Crippen LogP contribution in [-0.4, -0.2) is 36.1 Å². The van der Waals surface area contributed by atoms with Gasteiger partial charge in [-0.05, 0) is 13.0 Å². The summed E-state index contributed by atoms with van der Waals surface area (Å²) >= 11 is 0. The van der Waals surface area contributed by atoms with E-state index < -0.39 is 0 Å². The van der Waals surface area contributed by atoms with Gasteiger partial charge in [0.1, 0.15) is 0 Å². The van der Waals surface area contributed by atoms with Gasteiger partial charge in [-0.2, -0.15) is 4.99 Å². The van der Waals surface area contributed by atoms with Crippen LogP contribution in [0.5, 0.6) is 0 Å². The molecule has 3 heterocycles. The van der Waals surface area contributed by atoms with Gasteiger partial charge in [0.15, 0.2) is 5.80 Å². The molecule has 7 heteroatoms. The summed E-state index contributed by atoms with van der Waals surface area (Å²) in [6, 6.07) is 1.83. The van der Waals surface area contributed by atoms with Gasteiger partial charge < -0.3 is 9.31 Å². The summed E-state index contributed by atoms with van der Waals surface area (Å²) in [4.78, 5) is 12.3. The quantitative estimate of drug-likeness (QED) is 0.477. The first kappa shape index (κ1) is 7.99. The largest absolute Gasteiger partial charge is 0.544 e. The molecular formula is C7H6B2N3O2. The summed E-state index contributed by atoms with van der Waals surface area (Å²) < 4.78 is 10.2. The van der Waals surface area contributed by atoms with Crippen LogP contribution < -0.4 is 0 Å². The van der Waals surface area contributed by atoms with Crippen LogP contribution in [0.4, 0.5) is 5.95 Å². The van der Waals surface area contributed by atoms with Crippen molar-refractivity contribution in [2.24, 2.45) is 4.99 Å². The van der Waals surface area contributed by atoms with Gasteiger partial charge in [0.25, 0.3) is 5.95 Å². The van der Waals surface area contributed by atoms with E-state index >= 15 is 0 Å². The number of aliphatic imine (C=N–C) groups is 1. The van der Waals surface area contributed by atoms with Crippen LogP contribution in [-0.2, 0) is 9.31 Å². The second-order valence-electron chi connectivity index (χ2n) is 3.22. The molecule has 0 amide bonds. The molecule has 0 saturated carbocycles. The molecule has 1 atom stereocenters. The molecule has 0 aliphatic carbocycles. The topological polar surface area (TPSA) is 63.2 Å². The monoisotopic (exact) mass is 186 g/mol. The van der Waals surface area contributed by atoms with Gasteiger partial charge in [-0.15, -0.1) is 0 Å². The second kappa shape index (κ2) is 2.81. The molecule has 5 nitrogen and oxygen atoms in total. The van der Waals surface area contributed by atoms with Gasteiger partial charge >= 0.3 is 14.4 Å². The van der Waals surface area contributed by atoms with E-state index in [0.717, 1.165) is 5.69 Å². The average molecular weight is 186 g/mol. The van der Waals surface area contributed by atoms with Gasteiger partial charge in [-0.25, -0.2) is 9.97 Å². The molecule has 2 fully saturated rings. The third kappa shape index (κ3) is 1.50. The predicted molar refractivity (Wildman–Crippen MR) is 51.3 cm³/mol. The Morgan fingerprint density at radius 3 is 3.21 bits per heavy atom. The molecular weight excluding hydrogens is 180 g/mol. The van der Waals surface area contributed by atoms with E-state index in [1.54, 1.807) is 13.7 Å². The highest BCUT2D eigenvalue weighted by molar-refractivity contribution is 7.04. The molecule has 1 aromatic heterocycles. The molecule has 1 aromatic rings. The van der Waals surface area contributed by atoms with Crippen LogP contribution in [0.3, 0.4) is 0 Å². The molecule has 67 valence electrons. The Bertz CT molecular complexity index is 408. The first-order valence-corrected chi connectivity index (χ1v) is 4.36. The molecule has 0 spiro atoms. The second-order valence-corrected chi connectivity index (χ2v) is 3.22. The van der Waals surface area contributed by atoms with E-state index in [1.165, 1.54) is 0 Å². The Hall–Kier alpha value is -1.36. The molecule has 2 aliphatic heterocycles. The van der Waals surface area contributed by atoms with Crippen molar-refractivity contribution in [3.05, 3.63) is 18.0 Å². The molecule has 2 aliphatic rings. The lowest BCUT2D eigenvalue weighted by molar-refractivity contribution is 0.513. The molecule has 2 saturated heterocycles. The third-order valence-corrected chi connectivity index (χ3v) is 2.02. The molecule has 0 N–H and O–H groups in total. The molecule has 1 unspecified atom stereocenters. The summed E-state index contributed by atoms with van der Waals surface area (Å²) in [6.45, 7) is 1.90. The lowest BCUT2D eigenvalue weighted by Gasteiger charge is -1.90. The summed E-state index contributed by atoms with van der Waals surface area (Å²) in [5.74, 6) is 1.20. The average Bonchev–Trinajstić information content (AvgIpc) is 2.96. The van der Waals surface area contributed by atoms with Crippen LogP contribution in [0, 0.1) is 6.92 Å². The standard InChI is InChI=1S/C7H6B2N3O2/c1-4-2-3-10-7(11-4)12-6-9(14-6)5-8-13-5/h2-3,5H,1H3/b12-6+. The van der Waals surface area contributed by atoms with E-state index in [1.807, 2.05) is 13.0 Å². The minimum absolute atomic E-state index is 0.000822. The maximum absolute atomic E-state index is 5.20. The van der Waals surface area contributed by atoms with Crippen molar-refractivity contribution in [1.29, 1.82) is 0 Å². The van der Waals surface area contributed by atoms with Gasteiger partial charge in [0, 0.05) is 11.9 Å². The highest BCUT2D eigenvalue weighted by Crippen LogP contribution is 2.24. The van der Waals surface area contributed by atoms with Crippen LogP contribution in [0.25, 0.3) is 0 Å². The zero-order valence-corrected chi connectivity index (χ0v) is 7.54. The van der Waals surface area contributed by atoms with Crippen molar-refractivity contribution < 1.29 is 9.31 Å². The molecule has 14 heavy (non-hydrogen) atoms. The summed E-state index contributed by atoms with van der Waals surface area (Å²) in [5.41, 5.74) is 0.894. The minimum Gasteiger partial charge on any atom is -0.544 e. The Labute approximate surface area is 82.0 Å². The molecule has 3 rings (SSSR count). The maximum atomic E-state index is 5.20. The van der Waals surface area contributed by atoms with Gasteiger partial charge in [0.2, 0.25) is 0 Å². The van der Waals surface area contributed by atoms with E-state index in [4.69, 9.17) is 9.31 Å². The molecule has 1 radical (unpaired) electrons. The third-order valence-electron chi connectivity index (χ3n) is 2.02. The first-order chi connectivity index (χ1) is 6.83. The summed E-state index contributed by atoms with van der Waals surface area (Å²) in [7, 11) is 1.73. The number of rotatable bonds is 2. The summed E-state index contributed by atoms with van der Waals surface area (Å²) in [5, 5.41) is 0. The van der Waals surface area contributed by atoms with Gasteiger partial charge in [-0.3, -0.25) is 0 Å². The minimum atomic E-state index is -0.000822. The van der Waals surface area contributed by atoms with Crippen molar-refractivity contribution in [1.82, 2.24) is 9.97 Å². The molecule has 0 bridgehead atoms. The zero-order chi connectivity index (χ0) is 9.54. The van der Waals surface area contributed by atoms with Crippen LogP contribution in [0.15, 0.2) is 17.3 Å². The maximum Gasteiger partial charge on any atom is 0.474 e. The van der Waals surface area contributed by atoms with Crippen molar-refractivity contribution in [2.75, 3.05) is 0 Å².